The van der Waals surface area contributed by atoms with E-state index in [0.29, 0.717) is 6.42 Å². The highest BCUT2D eigenvalue weighted by molar-refractivity contribution is 5.99. The van der Waals surface area contributed by atoms with Crippen molar-refractivity contribution in [3.05, 3.63) is 29.3 Å². The minimum absolute atomic E-state index is 0.0728. The molecule has 0 saturated carbocycles. The Morgan fingerprint density at radius 3 is 2.45 bits per heavy atom. The van der Waals surface area contributed by atoms with Crippen LogP contribution in [0, 0.1) is 5.92 Å². The molecule has 0 spiro atoms. The molecule has 0 bridgehead atoms. The molecule has 110 valence electrons. The van der Waals surface area contributed by atoms with Gasteiger partial charge in [-0.2, -0.15) is 0 Å². The molecular formula is C16H25N3O. The van der Waals surface area contributed by atoms with Gasteiger partial charge in [0, 0.05) is 17.8 Å². The van der Waals surface area contributed by atoms with Crippen molar-refractivity contribution < 1.29 is 4.79 Å². The van der Waals surface area contributed by atoms with Gasteiger partial charge in [0.1, 0.15) is 0 Å². The van der Waals surface area contributed by atoms with Crippen molar-refractivity contribution in [3.63, 3.8) is 0 Å². The van der Waals surface area contributed by atoms with Gasteiger partial charge in [-0.25, -0.2) is 0 Å². The Balaban J connectivity index is 2.24. The Morgan fingerprint density at radius 1 is 1.20 bits per heavy atom. The standard InChI is InChI=1S/C16H25N3O/c1-3-13(17)12(14(18)4-2)8-10-6-5-7-15-11(10)9-16(20)19-15/h5-7,12-14H,3-4,8-9,17-18H2,1-2H3,(H,19,20). The molecule has 0 saturated heterocycles. The molecule has 0 aromatic heterocycles. The molecule has 1 aromatic carbocycles. The summed E-state index contributed by atoms with van der Waals surface area (Å²) in [5.41, 5.74) is 15.8. The van der Waals surface area contributed by atoms with Gasteiger partial charge >= 0.3 is 0 Å². The predicted octanol–water partition coefficient (Wildman–Crippen LogP) is 1.81. The molecule has 2 unspecified atom stereocenters. The van der Waals surface area contributed by atoms with Crippen LogP contribution < -0.4 is 16.8 Å². The lowest BCUT2D eigenvalue weighted by Crippen LogP contribution is -2.43. The maximum Gasteiger partial charge on any atom is 0.228 e. The van der Waals surface area contributed by atoms with Crippen LogP contribution >= 0.6 is 0 Å². The number of nitrogens with one attached hydrogen (secondary N) is 1. The lowest BCUT2D eigenvalue weighted by Gasteiger charge is -2.29. The molecule has 1 aliphatic rings. The highest BCUT2D eigenvalue weighted by Crippen LogP contribution is 2.29. The van der Waals surface area contributed by atoms with Crippen molar-refractivity contribution in [2.24, 2.45) is 17.4 Å². The average Bonchev–Trinajstić information content (AvgIpc) is 2.84. The van der Waals surface area contributed by atoms with E-state index in [0.717, 1.165) is 30.5 Å². The number of amides is 1. The third-order valence-electron chi connectivity index (χ3n) is 4.38. The summed E-state index contributed by atoms with van der Waals surface area (Å²) >= 11 is 0. The Labute approximate surface area is 120 Å². The Bertz CT molecular complexity index is 477. The second-order valence-electron chi connectivity index (χ2n) is 5.68. The summed E-state index contributed by atoms with van der Waals surface area (Å²) in [6.07, 6.45) is 3.16. The van der Waals surface area contributed by atoms with Crippen LogP contribution in [-0.4, -0.2) is 18.0 Å². The van der Waals surface area contributed by atoms with E-state index < -0.39 is 0 Å². The summed E-state index contributed by atoms with van der Waals surface area (Å²) in [6.45, 7) is 4.20. The SMILES string of the molecule is CCC(N)C(Cc1cccc2c1CC(=O)N2)C(N)CC. The van der Waals surface area contributed by atoms with Gasteiger partial charge in [-0.3, -0.25) is 4.79 Å². The summed E-state index contributed by atoms with van der Waals surface area (Å²) in [5.74, 6) is 0.329. The number of benzene rings is 1. The topological polar surface area (TPSA) is 81.1 Å². The number of rotatable bonds is 6. The van der Waals surface area contributed by atoms with Crippen molar-refractivity contribution in [1.82, 2.24) is 0 Å². The third-order valence-corrected chi connectivity index (χ3v) is 4.38. The molecule has 0 fully saturated rings. The number of carbonyl (C=O) groups is 1. The Morgan fingerprint density at radius 2 is 1.85 bits per heavy atom. The van der Waals surface area contributed by atoms with Gasteiger partial charge in [0.15, 0.2) is 0 Å². The second kappa shape index (κ2) is 6.37. The fraction of sp³-hybridized carbons (Fsp3) is 0.562. The normalized spacial score (nSPS) is 18.3. The number of hydrogen-bond donors (Lipinski definition) is 3. The monoisotopic (exact) mass is 275 g/mol. The lowest BCUT2D eigenvalue weighted by atomic mass is 9.83. The molecule has 1 amide bonds. The highest BCUT2D eigenvalue weighted by Gasteiger charge is 2.26. The number of nitrogens with two attached hydrogens (primary N) is 2. The average molecular weight is 275 g/mol. The van der Waals surface area contributed by atoms with Crippen LogP contribution in [0.25, 0.3) is 0 Å². The van der Waals surface area contributed by atoms with Crippen molar-refractivity contribution in [3.8, 4) is 0 Å². The van der Waals surface area contributed by atoms with Crippen molar-refractivity contribution in [2.75, 3.05) is 5.32 Å². The van der Waals surface area contributed by atoms with Crippen LogP contribution in [0.4, 0.5) is 5.69 Å². The van der Waals surface area contributed by atoms with Gasteiger partial charge in [-0.05, 0) is 42.4 Å². The number of hydrogen-bond acceptors (Lipinski definition) is 3. The maximum atomic E-state index is 11.6. The molecule has 0 aliphatic carbocycles. The van der Waals surface area contributed by atoms with E-state index in [1.165, 1.54) is 5.56 Å². The molecule has 20 heavy (non-hydrogen) atoms. The zero-order valence-electron chi connectivity index (χ0n) is 12.4. The molecule has 2 rings (SSSR count). The van der Waals surface area contributed by atoms with Crippen LogP contribution in [0.15, 0.2) is 18.2 Å². The molecule has 5 N–H and O–H groups in total. The summed E-state index contributed by atoms with van der Waals surface area (Å²) < 4.78 is 0. The van der Waals surface area contributed by atoms with Crippen molar-refractivity contribution in [2.45, 2.75) is 51.6 Å². The van der Waals surface area contributed by atoms with Crippen molar-refractivity contribution >= 4 is 11.6 Å². The van der Waals surface area contributed by atoms with Gasteiger partial charge in [-0.15, -0.1) is 0 Å². The first-order chi connectivity index (χ1) is 9.56. The molecule has 1 aromatic rings. The molecular weight excluding hydrogens is 250 g/mol. The first-order valence-corrected chi connectivity index (χ1v) is 7.48. The number of anilines is 1. The van der Waals surface area contributed by atoms with E-state index >= 15 is 0 Å². The summed E-state index contributed by atoms with van der Waals surface area (Å²) in [4.78, 5) is 11.6. The zero-order valence-corrected chi connectivity index (χ0v) is 12.4. The first kappa shape index (κ1) is 15.0. The molecule has 4 heteroatoms. The zero-order chi connectivity index (χ0) is 14.7. The smallest absolute Gasteiger partial charge is 0.228 e. The number of fused-ring (bicyclic) bond motifs is 1. The summed E-state index contributed by atoms with van der Waals surface area (Å²) in [5, 5.41) is 2.90. The fourth-order valence-corrected chi connectivity index (χ4v) is 2.99. The van der Waals surface area contributed by atoms with Gasteiger partial charge in [0.05, 0.1) is 6.42 Å². The van der Waals surface area contributed by atoms with E-state index in [2.05, 4.69) is 25.2 Å². The van der Waals surface area contributed by atoms with Crippen LogP contribution in [-0.2, 0) is 17.6 Å². The Kier molecular flexibility index (Phi) is 4.78. The van der Waals surface area contributed by atoms with Crippen LogP contribution in [0.3, 0.4) is 0 Å². The van der Waals surface area contributed by atoms with Crippen molar-refractivity contribution in [1.29, 1.82) is 0 Å². The molecule has 4 nitrogen and oxygen atoms in total. The van der Waals surface area contributed by atoms with E-state index in [1.807, 2.05) is 12.1 Å². The van der Waals surface area contributed by atoms with Gasteiger partial charge in [-0.1, -0.05) is 26.0 Å². The van der Waals surface area contributed by atoms with Gasteiger partial charge in [0.25, 0.3) is 0 Å². The van der Waals surface area contributed by atoms with E-state index in [-0.39, 0.29) is 23.9 Å². The quantitative estimate of drug-likeness (QED) is 0.740. The molecule has 2 atom stereocenters. The molecule has 0 radical (unpaired) electrons. The van der Waals surface area contributed by atoms with Crippen LogP contribution in [0.2, 0.25) is 0 Å². The molecule has 1 heterocycles. The van der Waals surface area contributed by atoms with Crippen LogP contribution in [0.5, 0.6) is 0 Å². The van der Waals surface area contributed by atoms with E-state index in [1.54, 1.807) is 0 Å². The lowest BCUT2D eigenvalue weighted by molar-refractivity contribution is -0.115. The number of carbonyl (C=O) groups excluding carboxylic acids is 1. The predicted molar refractivity (Wildman–Crippen MR) is 82.5 cm³/mol. The molecule has 1 aliphatic heterocycles. The van der Waals surface area contributed by atoms with Gasteiger partial charge < -0.3 is 16.8 Å². The minimum Gasteiger partial charge on any atom is -0.327 e. The Hall–Kier alpha value is -1.39. The highest BCUT2D eigenvalue weighted by atomic mass is 16.1. The summed E-state index contributed by atoms with van der Waals surface area (Å²) in [7, 11) is 0. The van der Waals surface area contributed by atoms with E-state index in [4.69, 9.17) is 11.5 Å². The van der Waals surface area contributed by atoms with Crippen LogP contribution in [0.1, 0.15) is 37.8 Å². The fourth-order valence-electron chi connectivity index (χ4n) is 2.99. The summed E-state index contributed by atoms with van der Waals surface area (Å²) in [6, 6.07) is 6.25. The largest absolute Gasteiger partial charge is 0.327 e. The van der Waals surface area contributed by atoms with E-state index in [9.17, 15) is 4.79 Å². The first-order valence-electron chi connectivity index (χ1n) is 7.48. The second-order valence-corrected chi connectivity index (χ2v) is 5.68. The maximum absolute atomic E-state index is 11.6. The van der Waals surface area contributed by atoms with Gasteiger partial charge in [0.2, 0.25) is 5.91 Å². The minimum atomic E-state index is 0.0728. The third kappa shape index (κ3) is 3.02.